The van der Waals surface area contributed by atoms with Crippen LogP contribution in [0.4, 0.5) is 0 Å². The molecule has 116 valence electrons. The summed E-state index contributed by atoms with van der Waals surface area (Å²) < 4.78 is 5.31. The van der Waals surface area contributed by atoms with Crippen LogP contribution in [0, 0.1) is 5.92 Å². The lowest BCUT2D eigenvalue weighted by Crippen LogP contribution is -2.60. The molecule has 1 saturated carbocycles. The highest BCUT2D eigenvalue weighted by Gasteiger charge is 2.42. The summed E-state index contributed by atoms with van der Waals surface area (Å²) in [7, 11) is 0. The minimum atomic E-state index is -0.567. The van der Waals surface area contributed by atoms with Gasteiger partial charge < -0.3 is 4.74 Å². The molecule has 0 radical (unpaired) electrons. The highest BCUT2D eigenvalue weighted by Crippen LogP contribution is 2.27. The van der Waals surface area contributed by atoms with E-state index >= 15 is 0 Å². The monoisotopic (exact) mass is 282 g/mol. The molecule has 4 nitrogen and oxygen atoms in total. The van der Waals surface area contributed by atoms with Crippen LogP contribution in [-0.4, -0.2) is 48.2 Å². The van der Waals surface area contributed by atoms with E-state index in [0.717, 1.165) is 19.0 Å². The van der Waals surface area contributed by atoms with Gasteiger partial charge in [0.05, 0.1) is 6.61 Å². The maximum Gasteiger partial charge on any atom is 0.327 e. The maximum atomic E-state index is 12.4. The summed E-state index contributed by atoms with van der Waals surface area (Å²) in [5.41, 5.74) is -0.567. The Morgan fingerprint density at radius 2 is 2.00 bits per heavy atom. The first-order valence-corrected chi connectivity index (χ1v) is 8.13. The number of hydrogen-bond donors (Lipinski definition) is 1. The molecule has 0 aromatic rings. The smallest absolute Gasteiger partial charge is 0.327 e. The van der Waals surface area contributed by atoms with E-state index in [1.54, 1.807) is 0 Å². The van der Waals surface area contributed by atoms with Crippen LogP contribution in [0.1, 0.15) is 53.4 Å². The summed E-state index contributed by atoms with van der Waals surface area (Å²) in [6.45, 7) is 10.8. The molecule has 1 aliphatic heterocycles. The van der Waals surface area contributed by atoms with Gasteiger partial charge in [-0.05, 0) is 52.4 Å². The number of ether oxygens (including phenoxy) is 1. The summed E-state index contributed by atoms with van der Waals surface area (Å²) >= 11 is 0. The first-order valence-electron chi connectivity index (χ1n) is 8.13. The molecule has 1 aliphatic carbocycles. The van der Waals surface area contributed by atoms with Gasteiger partial charge in [-0.3, -0.25) is 15.0 Å². The van der Waals surface area contributed by atoms with Crippen LogP contribution in [-0.2, 0) is 9.53 Å². The second kappa shape index (κ2) is 6.44. The third-order valence-electron chi connectivity index (χ3n) is 4.59. The molecule has 0 spiro atoms. The molecule has 0 aromatic heterocycles. The van der Waals surface area contributed by atoms with E-state index in [0.29, 0.717) is 18.7 Å². The summed E-state index contributed by atoms with van der Waals surface area (Å²) in [6.07, 6.45) is 4.88. The lowest BCUT2D eigenvalue weighted by Gasteiger charge is -2.42. The van der Waals surface area contributed by atoms with Crippen molar-refractivity contribution in [2.24, 2.45) is 5.92 Å². The Bertz CT molecular complexity index is 343. The molecule has 2 aliphatic rings. The van der Waals surface area contributed by atoms with E-state index in [2.05, 4.69) is 24.1 Å². The van der Waals surface area contributed by atoms with E-state index in [-0.39, 0.29) is 5.97 Å². The van der Waals surface area contributed by atoms with Crippen molar-refractivity contribution in [1.29, 1.82) is 0 Å². The number of carbonyl (C=O) groups is 1. The van der Waals surface area contributed by atoms with Crippen molar-refractivity contribution < 1.29 is 9.53 Å². The fraction of sp³-hybridized carbons (Fsp3) is 0.938. The first-order chi connectivity index (χ1) is 9.44. The Balaban J connectivity index is 2.03. The van der Waals surface area contributed by atoms with Crippen molar-refractivity contribution in [2.45, 2.75) is 71.0 Å². The molecular weight excluding hydrogens is 252 g/mol. The molecule has 1 N–H and O–H groups in total. The van der Waals surface area contributed by atoms with Crippen molar-refractivity contribution in [3.8, 4) is 0 Å². The predicted octanol–water partition coefficient (Wildman–Crippen LogP) is 2.18. The van der Waals surface area contributed by atoms with E-state index < -0.39 is 5.54 Å². The molecule has 2 rings (SSSR count). The number of nitrogens with one attached hydrogen (secondary N) is 1. The van der Waals surface area contributed by atoms with Crippen LogP contribution in [0.15, 0.2) is 0 Å². The minimum absolute atomic E-state index is 0.0997. The lowest BCUT2D eigenvalue weighted by molar-refractivity contribution is -0.152. The third-order valence-corrected chi connectivity index (χ3v) is 4.59. The first kappa shape index (κ1) is 15.8. The minimum Gasteiger partial charge on any atom is -0.465 e. The van der Waals surface area contributed by atoms with Gasteiger partial charge in [0, 0.05) is 25.2 Å². The van der Waals surface area contributed by atoms with E-state index in [4.69, 9.17) is 4.74 Å². The summed E-state index contributed by atoms with van der Waals surface area (Å²) in [4.78, 5) is 14.8. The molecule has 3 unspecified atom stereocenters. The van der Waals surface area contributed by atoms with Gasteiger partial charge in [0.25, 0.3) is 0 Å². The molecule has 1 heterocycles. The zero-order valence-electron chi connectivity index (χ0n) is 13.4. The van der Waals surface area contributed by atoms with Crippen molar-refractivity contribution in [1.82, 2.24) is 10.2 Å². The number of likely N-dealkylation sites (tertiary alicyclic amines) is 1. The van der Waals surface area contributed by atoms with E-state index in [9.17, 15) is 4.79 Å². The van der Waals surface area contributed by atoms with Gasteiger partial charge >= 0.3 is 5.97 Å². The summed E-state index contributed by atoms with van der Waals surface area (Å²) in [6, 6.07) is 1.06. The molecule has 0 amide bonds. The second-order valence-electron chi connectivity index (χ2n) is 6.93. The topological polar surface area (TPSA) is 41.6 Å². The average molecular weight is 282 g/mol. The maximum absolute atomic E-state index is 12.4. The van der Waals surface area contributed by atoms with Gasteiger partial charge in [-0.2, -0.15) is 0 Å². The number of rotatable bonds is 6. The van der Waals surface area contributed by atoms with E-state index in [1.165, 1.54) is 25.7 Å². The highest BCUT2D eigenvalue weighted by atomic mass is 16.5. The zero-order valence-corrected chi connectivity index (χ0v) is 13.4. The molecule has 20 heavy (non-hydrogen) atoms. The Morgan fingerprint density at radius 1 is 1.30 bits per heavy atom. The van der Waals surface area contributed by atoms with Crippen molar-refractivity contribution in [3.05, 3.63) is 0 Å². The van der Waals surface area contributed by atoms with Crippen molar-refractivity contribution in [2.75, 3.05) is 19.7 Å². The molecule has 1 saturated heterocycles. The molecule has 0 aromatic carbocycles. The lowest BCUT2D eigenvalue weighted by atomic mass is 9.92. The Hall–Kier alpha value is -0.610. The Kier molecular flexibility index (Phi) is 5.08. The van der Waals surface area contributed by atoms with Crippen LogP contribution >= 0.6 is 0 Å². The zero-order chi connectivity index (χ0) is 14.8. The van der Waals surface area contributed by atoms with Gasteiger partial charge in [0.15, 0.2) is 0 Å². The standard InChI is InChI=1S/C16H30N2O2/c1-5-20-15(19)16(4,17-14-8-9-14)11-18-10-12(2)6-7-13(18)3/h12-14,17H,5-11H2,1-4H3. The SMILES string of the molecule is CCOC(=O)C(C)(CN1CC(C)CCC1C)NC1CC1. The average Bonchev–Trinajstić information content (AvgIpc) is 3.18. The molecular formula is C16H30N2O2. The number of nitrogens with zero attached hydrogens (tertiary/aromatic N) is 1. The quantitative estimate of drug-likeness (QED) is 0.758. The third kappa shape index (κ3) is 3.95. The fourth-order valence-electron chi connectivity index (χ4n) is 3.14. The van der Waals surface area contributed by atoms with Gasteiger partial charge in [-0.1, -0.05) is 6.92 Å². The van der Waals surface area contributed by atoms with Gasteiger partial charge in [-0.15, -0.1) is 0 Å². The van der Waals surface area contributed by atoms with Crippen LogP contribution in [0.25, 0.3) is 0 Å². The van der Waals surface area contributed by atoms with Crippen LogP contribution in [0.2, 0.25) is 0 Å². The molecule has 2 fully saturated rings. The van der Waals surface area contributed by atoms with Crippen LogP contribution in [0.5, 0.6) is 0 Å². The highest BCUT2D eigenvalue weighted by molar-refractivity contribution is 5.80. The predicted molar refractivity (Wildman–Crippen MR) is 80.6 cm³/mol. The molecule has 4 heteroatoms. The van der Waals surface area contributed by atoms with Crippen molar-refractivity contribution in [3.63, 3.8) is 0 Å². The second-order valence-corrected chi connectivity index (χ2v) is 6.93. The number of carbonyl (C=O) groups excluding carboxylic acids is 1. The van der Waals surface area contributed by atoms with Gasteiger partial charge in [0.2, 0.25) is 0 Å². The number of piperidine rings is 1. The van der Waals surface area contributed by atoms with Crippen LogP contribution in [0.3, 0.4) is 0 Å². The van der Waals surface area contributed by atoms with Crippen LogP contribution < -0.4 is 5.32 Å². The number of esters is 1. The van der Waals surface area contributed by atoms with Gasteiger partial charge in [-0.25, -0.2) is 0 Å². The number of hydrogen-bond acceptors (Lipinski definition) is 4. The Morgan fingerprint density at radius 3 is 2.60 bits per heavy atom. The van der Waals surface area contributed by atoms with E-state index in [1.807, 2.05) is 13.8 Å². The normalized spacial score (nSPS) is 30.8. The fourth-order valence-corrected chi connectivity index (χ4v) is 3.14. The van der Waals surface area contributed by atoms with Crippen molar-refractivity contribution >= 4 is 5.97 Å². The molecule has 0 bridgehead atoms. The Labute approximate surface area is 123 Å². The largest absolute Gasteiger partial charge is 0.465 e. The van der Waals surface area contributed by atoms with Gasteiger partial charge in [0.1, 0.15) is 5.54 Å². The summed E-state index contributed by atoms with van der Waals surface area (Å²) in [5.74, 6) is 0.621. The summed E-state index contributed by atoms with van der Waals surface area (Å²) in [5, 5.41) is 3.52. The molecule has 3 atom stereocenters.